The summed E-state index contributed by atoms with van der Waals surface area (Å²) in [5, 5.41) is 1.24. The predicted molar refractivity (Wildman–Crippen MR) is 84.4 cm³/mol. The van der Waals surface area contributed by atoms with Gasteiger partial charge in [-0.25, -0.2) is 4.99 Å². The molecule has 1 aliphatic heterocycles. The third-order valence-corrected chi connectivity index (χ3v) is 4.15. The number of hydrogen-bond donors (Lipinski definition) is 0. The Labute approximate surface area is 126 Å². The molecule has 0 saturated carbocycles. The van der Waals surface area contributed by atoms with Crippen molar-refractivity contribution in [3.8, 4) is 0 Å². The van der Waals surface area contributed by atoms with Crippen LogP contribution in [-0.2, 0) is 10.5 Å². The van der Waals surface area contributed by atoms with Crippen molar-refractivity contribution in [1.29, 1.82) is 0 Å². The predicted octanol–water partition coefficient (Wildman–Crippen LogP) is 3.65. The highest BCUT2D eigenvalue weighted by Gasteiger charge is 2.26. The Kier molecular flexibility index (Phi) is 3.85. The lowest BCUT2D eigenvalue weighted by Crippen LogP contribution is -2.26. The molecule has 0 radical (unpaired) electrons. The molecule has 0 bridgehead atoms. The van der Waals surface area contributed by atoms with E-state index in [-0.39, 0.29) is 11.8 Å². The maximum Gasteiger partial charge on any atom is 0.261 e. The number of thioether (sulfide) groups is 1. The SMILES string of the molecule is O=C1N=C(SCc2ccc(Cl)cc2)N=C2C=CC=CC12. The number of carbonyl (C=O) groups is 1. The Bertz CT molecular complexity index is 659. The van der Waals surface area contributed by atoms with Crippen LogP contribution >= 0.6 is 23.4 Å². The van der Waals surface area contributed by atoms with Gasteiger partial charge in [0.25, 0.3) is 5.91 Å². The Morgan fingerprint density at radius 1 is 1.15 bits per heavy atom. The van der Waals surface area contributed by atoms with Crippen LogP contribution in [0.2, 0.25) is 5.02 Å². The number of hydrogen-bond acceptors (Lipinski definition) is 3. The number of fused-ring (bicyclic) bond motifs is 1. The molecule has 0 aromatic heterocycles. The summed E-state index contributed by atoms with van der Waals surface area (Å²) in [6.07, 6.45) is 7.42. The van der Waals surface area contributed by atoms with E-state index in [9.17, 15) is 4.79 Å². The summed E-state index contributed by atoms with van der Waals surface area (Å²) in [5.41, 5.74) is 1.89. The third-order valence-electron chi connectivity index (χ3n) is 2.98. The van der Waals surface area contributed by atoms with Crippen molar-refractivity contribution in [2.24, 2.45) is 15.9 Å². The molecule has 1 aromatic carbocycles. The molecular formula is C15H11ClN2OS. The van der Waals surface area contributed by atoms with Gasteiger partial charge in [-0.1, -0.05) is 53.7 Å². The Morgan fingerprint density at radius 2 is 1.95 bits per heavy atom. The van der Waals surface area contributed by atoms with Crippen LogP contribution in [0.1, 0.15) is 5.56 Å². The summed E-state index contributed by atoms with van der Waals surface area (Å²) in [4.78, 5) is 20.4. The van der Waals surface area contributed by atoms with Crippen LogP contribution in [-0.4, -0.2) is 16.8 Å². The van der Waals surface area contributed by atoms with Crippen LogP contribution < -0.4 is 0 Å². The van der Waals surface area contributed by atoms with Crippen LogP contribution in [0, 0.1) is 5.92 Å². The molecular weight excluding hydrogens is 292 g/mol. The van der Waals surface area contributed by atoms with Gasteiger partial charge in [-0.15, -0.1) is 0 Å². The van der Waals surface area contributed by atoms with Gasteiger partial charge in [-0.3, -0.25) is 4.79 Å². The molecule has 0 saturated heterocycles. The molecule has 0 spiro atoms. The molecule has 3 rings (SSSR count). The fourth-order valence-corrected chi connectivity index (χ4v) is 2.88. The topological polar surface area (TPSA) is 41.8 Å². The lowest BCUT2D eigenvalue weighted by molar-refractivity contribution is -0.118. The van der Waals surface area contributed by atoms with Crippen LogP contribution in [0.15, 0.2) is 58.6 Å². The van der Waals surface area contributed by atoms with E-state index in [1.165, 1.54) is 11.8 Å². The molecule has 0 N–H and O–H groups in total. The number of rotatable bonds is 2. The highest BCUT2D eigenvalue weighted by molar-refractivity contribution is 8.13. The van der Waals surface area contributed by atoms with Crippen LogP contribution in [0.5, 0.6) is 0 Å². The number of aliphatic imine (C=N–C) groups is 2. The molecule has 2 aliphatic rings. The molecule has 3 nitrogen and oxygen atoms in total. The van der Waals surface area contributed by atoms with Crippen molar-refractivity contribution < 1.29 is 4.79 Å². The van der Waals surface area contributed by atoms with E-state index in [0.717, 1.165) is 11.3 Å². The third kappa shape index (κ3) is 2.92. The summed E-state index contributed by atoms with van der Waals surface area (Å²) in [5.74, 6) is 0.263. The zero-order valence-electron chi connectivity index (χ0n) is 10.5. The largest absolute Gasteiger partial charge is 0.271 e. The van der Waals surface area contributed by atoms with Gasteiger partial charge in [0.2, 0.25) is 0 Å². The number of halogens is 1. The van der Waals surface area contributed by atoms with E-state index in [0.29, 0.717) is 15.9 Å². The quantitative estimate of drug-likeness (QED) is 0.836. The van der Waals surface area contributed by atoms with Crippen molar-refractivity contribution >= 4 is 40.1 Å². The second-order valence-corrected chi connectivity index (χ2v) is 5.79. The van der Waals surface area contributed by atoms with Crippen LogP contribution in [0.4, 0.5) is 0 Å². The van der Waals surface area contributed by atoms with Gasteiger partial charge in [0.15, 0.2) is 5.17 Å². The van der Waals surface area contributed by atoms with Crippen molar-refractivity contribution in [3.63, 3.8) is 0 Å². The highest BCUT2D eigenvalue weighted by atomic mass is 35.5. The van der Waals surface area contributed by atoms with E-state index in [4.69, 9.17) is 11.6 Å². The van der Waals surface area contributed by atoms with Gasteiger partial charge in [0, 0.05) is 10.8 Å². The number of carbonyl (C=O) groups excluding carboxylic acids is 1. The molecule has 1 aromatic rings. The Morgan fingerprint density at radius 3 is 2.75 bits per heavy atom. The summed E-state index contributed by atoms with van der Waals surface area (Å²) >= 11 is 7.30. The number of allylic oxidation sites excluding steroid dienone is 3. The van der Waals surface area contributed by atoms with Crippen LogP contribution in [0.25, 0.3) is 0 Å². The molecule has 1 aliphatic carbocycles. The first kappa shape index (κ1) is 13.3. The van der Waals surface area contributed by atoms with E-state index in [1.807, 2.05) is 48.6 Å². The maximum atomic E-state index is 11.9. The molecule has 1 heterocycles. The minimum absolute atomic E-state index is 0.144. The average molecular weight is 303 g/mol. The minimum Gasteiger partial charge on any atom is -0.271 e. The summed E-state index contributed by atoms with van der Waals surface area (Å²) in [6, 6.07) is 7.61. The molecule has 1 amide bonds. The monoisotopic (exact) mass is 302 g/mol. The first-order chi connectivity index (χ1) is 9.72. The normalized spacial score (nSPS) is 20.4. The number of nitrogens with zero attached hydrogens (tertiary/aromatic N) is 2. The molecule has 0 fully saturated rings. The number of benzene rings is 1. The number of amidine groups is 1. The summed E-state index contributed by atoms with van der Waals surface area (Å²) in [7, 11) is 0. The molecule has 1 unspecified atom stereocenters. The van der Waals surface area contributed by atoms with Gasteiger partial charge in [0.05, 0.1) is 5.71 Å². The molecule has 100 valence electrons. The molecule has 1 atom stereocenters. The highest BCUT2D eigenvalue weighted by Crippen LogP contribution is 2.23. The Balaban J connectivity index is 1.71. The van der Waals surface area contributed by atoms with E-state index < -0.39 is 0 Å². The summed E-state index contributed by atoms with van der Waals surface area (Å²) < 4.78 is 0. The van der Waals surface area contributed by atoms with E-state index in [1.54, 1.807) is 0 Å². The lowest BCUT2D eigenvalue weighted by atomic mass is 9.97. The average Bonchev–Trinajstić information content (AvgIpc) is 2.47. The fraction of sp³-hybridized carbons (Fsp3) is 0.133. The van der Waals surface area contributed by atoms with Crippen molar-refractivity contribution in [2.45, 2.75) is 5.75 Å². The zero-order chi connectivity index (χ0) is 13.9. The second kappa shape index (κ2) is 5.77. The summed E-state index contributed by atoms with van der Waals surface area (Å²) in [6.45, 7) is 0. The second-order valence-electron chi connectivity index (χ2n) is 4.41. The van der Waals surface area contributed by atoms with Gasteiger partial charge in [-0.2, -0.15) is 4.99 Å². The lowest BCUT2D eigenvalue weighted by Gasteiger charge is -2.17. The number of amides is 1. The first-order valence-corrected chi connectivity index (χ1v) is 7.52. The Hall–Kier alpha value is -1.65. The minimum atomic E-state index is -0.306. The van der Waals surface area contributed by atoms with Gasteiger partial charge in [-0.05, 0) is 23.8 Å². The smallest absolute Gasteiger partial charge is 0.261 e. The fourth-order valence-electron chi connectivity index (χ4n) is 1.94. The van der Waals surface area contributed by atoms with Crippen molar-refractivity contribution in [2.75, 3.05) is 0 Å². The standard InChI is InChI=1S/C15H11ClN2OS/c16-11-7-5-10(6-8-11)9-20-15-17-13-4-2-1-3-12(13)14(19)18-15/h1-8,12H,9H2. The van der Waals surface area contributed by atoms with E-state index in [2.05, 4.69) is 9.98 Å². The van der Waals surface area contributed by atoms with Crippen molar-refractivity contribution in [3.05, 3.63) is 59.2 Å². The van der Waals surface area contributed by atoms with Gasteiger partial charge in [0.1, 0.15) is 5.92 Å². The molecule has 5 heteroatoms. The van der Waals surface area contributed by atoms with Crippen LogP contribution in [0.3, 0.4) is 0 Å². The maximum absolute atomic E-state index is 11.9. The van der Waals surface area contributed by atoms with Gasteiger partial charge < -0.3 is 0 Å². The zero-order valence-corrected chi connectivity index (χ0v) is 12.1. The van der Waals surface area contributed by atoms with Gasteiger partial charge >= 0.3 is 0 Å². The molecule has 20 heavy (non-hydrogen) atoms. The first-order valence-electron chi connectivity index (χ1n) is 6.15. The van der Waals surface area contributed by atoms with E-state index >= 15 is 0 Å². The van der Waals surface area contributed by atoms with Crippen molar-refractivity contribution in [1.82, 2.24) is 0 Å².